The van der Waals surface area contributed by atoms with E-state index in [-0.39, 0.29) is 18.3 Å². The molecule has 0 bridgehead atoms. The average molecular weight is 230 g/mol. The second-order valence-corrected chi connectivity index (χ2v) is 3.52. The van der Waals surface area contributed by atoms with Gasteiger partial charge in [-0.3, -0.25) is 4.79 Å². The van der Waals surface area contributed by atoms with Crippen LogP contribution in [-0.2, 0) is 11.2 Å². The summed E-state index contributed by atoms with van der Waals surface area (Å²) in [7, 11) is 0. The molecule has 0 saturated heterocycles. The number of rotatable bonds is 4. The highest BCUT2D eigenvalue weighted by atomic mass is 35.5. The van der Waals surface area contributed by atoms with Crippen molar-refractivity contribution in [1.82, 2.24) is 0 Å². The number of benzene rings is 1. The molecule has 3 N–H and O–H groups in total. The second kappa shape index (κ2) is 6.30. The second-order valence-electron chi connectivity index (χ2n) is 3.52. The van der Waals surface area contributed by atoms with Gasteiger partial charge in [-0.25, -0.2) is 0 Å². The van der Waals surface area contributed by atoms with E-state index in [1.807, 2.05) is 24.3 Å². The van der Waals surface area contributed by atoms with E-state index in [0.29, 0.717) is 6.42 Å². The van der Waals surface area contributed by atoms with Crippen LogP contribution in [0.4, 0.5) is 5.69 Å². The fourth-order valence-corrected chi connectivity index (χ4v) is 1.19. The van der Waals surface area contributed by atoms with Gasteiger partial charge in [-0.1, -0.05) is 19.1 Å². The van der Waals surface area contributed by atoms with Crippen LogP contribution in [0, 0.1) is 5.92 Å². The fraction of sp³-hybridized carbons (Fsp3) is 0.364. The van der Waals surface area contributed by atoms with Crippen molar-refractivity contribution in [2.75, 3.05) is 5.73 Å². The Kier molecular flexibility index (Phi) is 5.79. The summed E-state index contributed by atoms with van der Waals surface area (Å²) in [5.41, 5.74) is 7.40. The van der Waals surface area contributed by atoms with E-state index in [9.17, 15) is 4.79 Å². The van der Waals surface area contributed by atoms with Gasteiger partial charge in [0.2, 0.25) is 0 Å². The molecule has 0 aliphatic rings. The number of aliphatic carboxylic acids is 1. The van der Waals surface area contributed by atoms with Crippen LogP contribution in [-0.4, -0.2) is 11.1 Å². The van der Waals surface area contributed by atoms with Crippen molar-refractivity contribution in [3.63, 3.8) is 0 Å². The van der Waals surface area contributed by atoms with Gasteiger partial charge in [-0.2, -0.15) is 0 Å². The lowest BCUT2D eigenvalue weighted by molar-refractivity contribution is -0.141. The maximum absolute atomic E-state index is 10.6. The number of carboxylic acids is 1. The molecule has 0 spiro atoms. The number of hydrogen-bond donors (Lipinski definition) is 2. The number of aryl methyl sites for hydroxylation is 1. The number of anilines is 1. The molecule has 0 fully saturated rings. The van der Waals surface area contributed by atoms with Gasteiger partial charge < -0.3 is 10.8 Å². The van der Waals surface area contributed by atoms with Gasteiger partial charge in [-0.05, 0) is 30.5 Å². The molecule has 0 aliphatic heterocycles. The van der Waals surface area contributed by atoms with Crippen LogP contribution >= 0.6 is 12.4 Å². The number of carboxylic acid groups (broad SMARTS) is 1. The molecular weight excluding hydrogens is 214 g/mol. The van der Waals surface area contributed by atoms with Crippen LogP contribution in [0.3, 0.4) is 0 Å². The first-order chi connectivity index (χ1) is 6.59. The summed E-state index contributed by atoms with van der Waals surface area (Å²) in [6.45, 7) is 1.72. The molecule has 0 aliphatic carbocycles. The minimum Gasteiger partial charge on any atom is -0.481 e. The van der Waals surface area contributed by atoms with Crippen molar-refractivity contribution >= 4 is 24.1 Å². The van der Waals surface area contributed by atoms with Gasteiger partial charge in [0.1, 0.15) is 0 Å². The van der Waals surface area contributed by atoms with E-state index in [1.54, 1.807) is 6.92 Å². The predicted molar refractivity (Wildman–Crippen MR) is 63.2 cm³/mol. The maximum atomic E-state index is 10.6. The van der Waals surface area contributed by atoms with E-state index in [0.717, 1.165) is 17.7 Å². The highest BCUT2D eigenvalue weighted by molar-refractivity contribution is 5.85. The van der Waals surface area contributed by atoms with Crippen molar-refractivity contribution in [1.29, 1.82) is 0 Å². The Morgan fingerprint density at radius 2 is 1.93 bits per heavy atom. The lowest BCUT2D eigenvalue weighted by Gasteiger charge is -2.05. The van der Waals surface area contributed by atoms with Crippen molar-refractivity contribution in [3.8, 4) is 0 Å². The number of hydrogen-bond acceptors (Lipinski definition) is 2. The highest BCUT2D eigenvalue weighted by Crippen LogP contribution is 2.11. The predicted octanol–water partition coefficient (Wildman–Crippen LogP) is 2.34. The first-order valence-electron chi connectivity index (χ1n) is 4.67. The molecular formula is C11H16ClNO2. The Morgan fingerprint density at radius 1 is 1.40 bits per heavy atom. The third kappa shape index (κ3) is 4.70. The summed E-state index contributed by atoms with van der Waals surface area (Å²) in [5.74, 6) is -1.02. The Balaban J connectivity index is 0.00000196. The van der Waals surface area contributed by atoms with Crippen LogP contribution < -0.4 is 5.73 Å². The van der Waals surface area contributed by atoms with Crippen molar-refractivity contribution < 1.29 is 9.90 Å². The molecule has 15 heavy (non-hydrogen) atoms. The van der Waals surface area contributed by atoms with E-state index in [1.165, 1.54) is 0 Å². The van der Waals surface area contributed by atoms with Crippen LogP contribution in [0.2, 0.25) is 0 Å². The first-order valence-corrected chi connectivity index (χ1v) is 4.67. The van der Waals surface area contributed by atoms with E-state index >= 15 is 0 Å². The smallest absolute Gasteiger partial charge is 0.306 e. The molecule has 1 atom stereocenters. The lowest BCUT2D eigenvalue weighted by atomic mass is 10.0. The van der Waals surface area contributed by atoms with Gasteiger partial charge in [0.05, 0.1) is 5.92 Å². The third-order valence-corrected chi connectivity index (χ3v) is 2.27. The highest BCUT2D eigenvalue weighted by Gasteiger charge is 2.09. The molecule has 0 amide bonds. The monoisotopic (exact) mass is 229 g/mol. The largest absolute Gasteiger partial charge is 0.481 e. The summed E-state index contributed by atoms with van der Waals surface area (Å²) < 4.78 is 0. The quantitative estimate of drug-likeness (QED) is 0.779. The van der Waals surface area contributed by atoms with Gasteiger partial charge in [0.15, 0.2) is 0 Å². The van der Waals surface area contributed by atoms with Crippen LogP contribution in [0.15, 0.2) is 24.3 Å². The molecule has 0 saturated carbocycles. The Bertz CT molecular complexity index is 311. The third-order valence-electron chi connectivity index (χ3n) is 2.27. The van der Waals surface area contributed by atoms with E-state index < -0.39 is 5.97 Å². The molecule has 0 heterocycles. The summed E-state index contributed by atoms with van der Waals surface area (Å²) in [5, 5.41) is 8.68. The molecule has 1 aromatic rings. The Morgan fingerprint density at radius 3 is 2.40 bits per heavy atom. The average Bonchev–Trinajstić information content (AvgIpc) is 2.16. The van der Waals surface area contributed by atoms with E-state index in [2.05, 4.69) is 0 Å². The van der Waals surface area contributed by atoms with Gasteiger partial charge in [-0.15, -0.1) is 12.4 Å². The van der Waals surface area contributed by atoms with Crippen LogP contribution in [0.25, 0.3) is 0 Å². The zero-order valence-electron chi connectivity index (χ0n) is 8.64. The lowest BCUT2D eigenvalue weighted by Crippen LogP contribution is -2.10. The fourth-order valence-electron chi connectivity index (χ4n) is 1.19. The van der Waals surface area contributed by atoms with Crippen molar-refractivity contribution in [2.45, 2.75) is 19.8 Å². The number of carbonyl (C=O) groups is 1. The summed E-state index contributed by atoms with van der Waals surface area (Å²) in [6, 6.07) is 7.54. The number of nitrogen functional groups attached to an aromatic ring is 1. The minimum atomic E-state index is -0.736. The van der Waals surface area contributed by atoms with Gasteiger partial charge >= 0.3 is 5.97 Å². The standard InChI is InChI=1S/C11H15NO2.ClH/c1-8(11(13)14)2-3-9-4-6-10(12)7-5-9;/h4-8H,2-3,12H2,1H3,(H,13,14);1H. The SMILES string of the molecule is CC(CCc1ccc(N)cc1)C(=O)O.Cl. The summed E-state index contributed by atoms with van der Waals surface area (Å²) in [6.07, 6.45) is 1.45. The van der Waals surface area contributed by atoms with Gasteiger partial charge in [0, 0.05) is 5.69 Å². The van der Waals surface area contributed by atoms with Crippen molar-refractivity contribution in [3.05, 3.63) is 29.8 Å². The molecule has 1 rings (SSSR count). The summed E-state index contributed by atoms with van der Waals surface area (Å²) >= 11 is 0. The van der Waals surface area contributed by atoms with Gasteiger partial charge in [0.25, 0.3) is 0 Å². The zero-order chi connectivity index (χ0) is 10.6. The molecule has 0 aromatic heterocycles. The van der Waals surface area contributed by atoms with E-state index in [4.69, 9.17) is 10.8 Å². The maximum Gasteiger partial charge on any atom is 0.306 e. The van der Waals surface area contributed by atoms with Crippen LogP contribution in [0.1, 0.15) is 18.9 Å². The zero-order valence-corrected chi connectivity index (χ0v) is 9.46. The summed E-state index contributed by atoms with van der Waals surface area (Å²) in [4.78, 5) is 10.6. The normalized spacial score (nSPS) is 11.5. The molecule has 3 nitrogen and oxygen atoms in total. The Labute approximate surface area is 95.7 Å². The minimum absolute atomic E-state index is 0. The van der Waals surface area contributed by atoms with Crippen molar-refractivity contribution in [2.24, 2.45) is 5.92 Å². The van der Waals surface area contributed by atoms with Crippen LogP contribution in [0.5, 0.6) is 0 Å². The first kappa shape index (κ1) is 13.8. The Hall–Kier alpha value is -1.22. The number of halogens is 1. The molecule has 1 aromatic carbocycles. The molecule has 84 valence electrons. The molecule has 4 heteroatoms. The number of nitrogens with two attached hydrogens (primary N) is 1. The molecule has 1 unspecified atom stereocenters. The molecule has 0 radical (unpaired) electrons. The topological polar surface area (TPSA) is 63.3 Å².